The van der Waals surface area contributed by atoms with E-state index in [1.54, 1.807) is 0 Å². The monoisotopic (exact) mass is 232 g/mol. The highest BCUT2D eigenvalue weighted by atomic mass is 32.2. The molecule has 1 aliphatic heterocycles. The van der Waals surface area contributed by atoms with Gasteiger partial charge in [0.25, 0.3) is 0 Å². The van der Waals surface area contributed by atoms with E-state index in [-0.39, 0.29) is 6.04 Å². The molecule has 1 aliphatic rings. The summed E-state index contributed by atoms with van der Waals surface area (Å²) in [5.74, 6) is 2.42. The molecule has 16 heavy (non-hydrogen) atoms. The SMILES string of the molecule is N#CCC(NC1CCSC1)c1ccccc1. The fourth-order valence-electron chi connectivity index (χ4n) is 2.00. The van der Waals surface area contributed by atoms with Gasteiger partial charge in [-0.3, -0.25) is 0 Å². The van der Waals surface area contributed by atoms with Crippen molar-refractivity contribution in [1.82, 2.24) is 5.32 Å². The molecule has 1 saturated heterocycles. The highest BCUT2D eigenvalue weighted by molar-refractivity contribution is 7.99. The van der Waals surface area contributed by atoms with Crippen LogP contribution < -0.4 is 5.32 Å². The molecule has 1 N–H and O–H groups in total. The lowest BCUT2D eigenvalue weighted by Crippen LogP contribution is -2.32. The van der Waals surface area contributed by atoms with Gasteiger partial charge in [0.1, 0.15) is 0 Å². The Hall–Kier alpha value is -0.980. The van der Waals surface area contributed by atoms with Crippen LogP contribution in [-0.4, -0.2) is 17.5 Å². The minimum absolute atomic E-state index is 0.190. The van der Waals surface area contributed by atoms with E-state index in [0.717, 1.165) is 0 Å². The Morgan fingerprint density at radius 2 is 2.25 bits per heavy atom. The molecule has 1 fully saturated rings. The van der Waals surface area contributed by atoms with Crippen molar-refractivity contribution in [3.05, 3.63) is 35.9 Å². The normalized spacial score (nSPS) is 21.6. The van der Waals surface area contributed by atoms with Crippen LogP contribution in [0, 0.1) is 11.3 Å². The number of rotatable bonds is 4. The summed E-state index contributed by atoms with van der Waals surface area (Å²) in [6.07, 6.45) is 1.77. The first-order valence-electron chi connectivity index (χ1n) is 5.66. The van der Waals surface area contributed by atoms with Crippen molar-refractivity contribution < 1.29 is 0 Å². The van der Waals surface area contributed by atoms with E-state index in [9.17, 15) is 0 Å². The lowest BCUT2D eigenvalue weighted by molar-refractivity contribution is 0.466. The number of thioether (sulfide) groups is 1. The smallest absolute Gasteiger partial charge is 0.0641 e. The van der Waals surface area contributed by atoms with Gasteiger partial charge in [-0.2, -0.15) is 17.0 Å². The van der Waals surface area contributed by atoms with E-state index >= 15 is 0 Å². The van der Waals surface area contributed by atoms with Crippen molar-refractivity contribution in [3.63, 3.8) is 0 Å². The first kappa shape index (κ1) is 11.5. The summed E-state index contributed by atoms with van der Waals surface area (Å²) in [5.41, 5.74) is 1.22. The maximum atomic E-state index is 8.88. The zero-order valence-electron chi connectivity index (χ0n) is 9.23. The number of hydrogen-bond acceptors (Lipinski definition) is 3. The van der Waals surface area contributed by atoms with Crippen LogP contribution in [0.25, 0.3) is 0 Å². The summed E-state index contributed by atoms with van der Waals surface area (Å²) in [7, 11) is 0. The van der Waals surface area contributed by atoms with Crippen molar-refractivity contribution >= 4 is 11.8 Å². The molecule has 0 spiro atoms. The van der Waals surface area contributed by atoms with E-state index < -0.39 is 0 Å². The van der Waals surface area contributed by atoms with Crippen molar-refractivity contribution in [2.24, 2.45) is 0 Å². The maximum absolute atomic E-state index is 8.88. The van der Waals surface area contributed by atoms with Crippen molar-refractivity contribution in [1.29, 1.82) is 5.26 Å². The molecule has 0 aliphatic carbocycles. The Kier molecular flexibility index (Phi) is 4.26. The maximum Gasteiger partial charge on any atom is 0.0641 e. The Balaban J connectivity index is 2.02. The first-order chi connectivity index (χ1) is 7.90. The quantitative estimate of drug-likeness (QED) is 0.867. The highest BCUT2D eigenvalue weighted by Gasteiger charge is 2.20. The fraction of sp³-hybridized carbons (Fsp3) is 0.462. The third kappa shape index (κ3) is 3.01. The van der Waals surface area contributed by atoms with Crippen LogP contribution in [0.15, 0.2) is 30.3 Å². The number of hydrogen-bond donors (Lipinski definition) is 1. The number of nitrogens with one attached hydrogen (secondary N) is 1. The van der Waals surface area contributed by atoms with Gasteiger partial charge in [-0.25, -0.2) is 0 Å². The second-order valence-electron chi connectivity index (χ2n) is 4.05. The molecule has 0 amide bonds. The molecule has 0 aromatic heterocycles. The van der Waals surface area contributed by atoms with E-state index in [1.807, 2.05) is 30.0 Å². The molecule has 2 nitrogen and oxygen atoms in total. The van der Waals surface area contributed by atoms with Gasteiger partial charge in [-0.05, 0) is 17.7 Å². The van der Waals surface area contributed by atoms with Gasteiger partial charge >= 0.3 is 0 Å². The minimum Gasteiger partial charge on any atom is -0.305 e. The molecule has 84 valence electrons. The molecule has 1 aromatic rings. The van der Waals surface area contributed by atoms with Crippen LogP contribution in [0.2, 0.25) is 0 Å². The van der Waals surface area contributed by atoms with Gasteiger partial charge in [0.05, 0.1) is 12.5 Å². The second kappa shape index (κ2) is 5.93. The van der Waals surface area contributed by atoms with Crippen molar-refractivity contribution in [3.8, 4) is 6.07 Å². The largest absolute Gasteiger partial charge is 0.305 e. The number of nitriles is 1. The summed E-state index contributed by atoms with van der Waals surface area (Å²) in [6.45, 7) is 0. The number of benzene rings is 1. The standard InChI is InChI=1S/C13H16N2S/c14-8-6-13(11-4-2-1-3-5-11)15-12-7-9-16-10-12/h1-5,12-13,15H,6-7,9-10H2. The van der Waals surface area contributed by atoms with Gasteiger partial charge in [0.15, 0.2) is 0 Å². The Labute approximate surface area is 101 Å². The Morgan fingerprint density at radius 1 is 1.44 bits per heavy atom. The van der Waals surface area contributed by atoms with Crippen LogP contribution in [0.1, 0.15) is 24.4 Å². The van der Waals surface area contributed by atoms with Gasteiger partial charge in [0, 0.05) is 17.8 Å². The van der Waals surface area contributed by atoms with E-state index in [2.05, 4.69) is 23.5 Å². The first-order valence-corrected chi connectivity index (χ1v) is 6.81. The van der Waals surface area contributed by atoms with E-state index in [0.29, 0.717) is 12.5 Å². The van der Waals surface area contributed by atoms with E-state index in [4.69, 9.17) is 5.26 Å². The van der Waals surface area contributed by atoms with Crippen LogP contribution in [0.5, 0.6) is 0 Å². The van der Waals surface area contributed by atoms with Crippen LogP contribution >= 0.6 is 11.8 Å². The molecular formula is C13H16N2S. The topological polar surface area (TPSA) is 35.8 Å². The molecule has 2 atom stereocenters. The summed E-state index contributed by atoms with van der Waals surface area (Å²) in [5, 5.41) is 12.5. The van der Waals surface area contributed by atoms with Gasteiger partial charge in [-0.1, -0.05) is 30.3 Å². The lowest BCUT2D eigenvalue weighted by atomic mass is 10.0. The predicted molar refractivity (Wildman–Crippen MR) is 68.3 cm³/mol. The Morgan fingerprint density at radius 3 is 2.88 bits per heavy atom. The highest BCUT2D eigenvalue weighted by Crippen LogP contribution is 2.22. The van der Waals surface area contributed by atoms with Crippen LogP contribution in [0.3, 0.4) is 0 Å². The van der Waals surface area contributed by atoms with Crippen LogP contribution in [-0.2, 0) is 0 Å². The molecule has 3 heteroatoms. The van der Waals surface area contributed by atoms with Gasteiger partial charge < -0.3 is 5.32 Å². The minimum atomic E-state index is 0.190. The molecule has 1 aromatic carbocycles. The molecule has 2 rings (SSSR count). The van der Waals surface area contributed by atoms with E-state index in [1.165, 1.54) is 23.5 Å². The predicted octanol–water partition coefficient (Wildman–Crippen LogP) is 2.74. The molecule has 1 heterocycles. The Bertz CT molecular complexity index is 352. The summed E-state index contributed by atoms with van der Waals surface area (Å²) in [6, 6.07) is 13.3. The third-order valence-electron chi connectivity index (χ3n) is 2.86. The molecule has 0 radical (unpaired) electrons. The fourth-order valence-corrected chi connectivity index (χ4v) is 3.17. The van der Waals surface area contributed by atoms with Crippen molar-refractivity contribution in [2.75, 3.05) is 11.5 Å². The molecule has 0 saturated carbocycles. The summed E-state index contributed by atoms with van der Waals surface area (Å²) >= 11 is 1.99. The van der Waals surface area contributed by atoms with Crippen LogP contribution in [0.4, 0.5) is 0 Å². The number of nitrogens with zero attached hydrogens (tertiary/aromatic N) is 1. The zero-order chi connectivity index (χ0) is 11.2. The second-order valence-corrected chi connectivity index (χ2v) is 5.20. The third-order valence-corrected chi connectivity index (χ3v) is 4.03. The average Bonchev–Trinajstić information content (AvgIpc) is 2.83. The molecular weight excluding hydrogens is 216 g/mol. The summed E-state index contributed by atoms with van der Waals surface area (Å²) < 4.78 is 0. The zero-order valence-corrected chi connectivity index (χ0v) is 10.0. The molecule has 0 bridgehead atoms. The van der Waals surface area contributed by atoms with Gasteiger partial charge in [-0.15, -0.1) is 0 Å². The summed E-state index contributed by atoms with van der Waals surface area (Å²) in [4.78, 5) is 0. The molecule has 2 unspecified atom stereocenters. The van der Waals surface area contributed by atoms with Crippen molar-refractivity contribution in [2.45, 2.75) is 24.9 Å². The van der Waals surface area contributed by atoms with Gasteiger partial charge in [0.2, 0.25) is 0 Å². The lowest BCUT2D eigenvalue weighted by Gasteiger charge is -2.20. The average molecular weight is 232 g/mol.